The number of aryl methyl sites for hydroxylation is 2. The van der Waals surface area contributed by atoms with Gasteiger partial charge in [-0.25, -0.2) is 19.2 Å². The number of esters is 2. The van der Waals surface area contributed by atoms with Crippen LogP contribution in [0.5, 0.6) is 0 Å². The van der Waals surface area contributed by atoms with Crippen molar-refractivity contribution in [1.82, 2.24) is 19.6 Å². The van der Waals surface area contributed by atoms with Gasteiger partial charge in [0.05, 0.1) is 48.6 Å². The van der Waals surface area contributed by atoms with Crippen molar-refractivity contribution in [1.29, 1.82) is 0 Å². The minimum atomic E-state index is -0.488. The summed E-state index contributed by atoms with van der Waals surface area (Å²) in [7, 11) is 0. The standard InChI is InChI=1S/2C21H28N2O5/c2*1-13-7-17-14(11-27-19(17)24)8-16(13)18-10-22-5-6-23(9-15(22)12-26-18)20(25)28-21(2,3)4/h2*7-8,15,18H,5-6,9-12H2,1-4H3/t15-,18+;15-,18-/m00/s1. The van der Waals surface area contributed by atoms with Crippen LogP contribution >= 0.6 is 0 Å². The molecule has 0 aliphatic carbocycles. The van der Waals surface area contributed by atoms with Crippen molar-refractivity contribution in [3.8, 4) is 0 Å². The SMILES string of the molecule is Cc1cc2c(cc1[C@@H]1CN3CCN(C(=O)OC(C)(C)C)C[C@H]3CO1)COC2=O.Cc1cc2c(cc1[C@H]1CN3CCN(C(=O)OC(C)(C)C)C[C@H]3CO1)COC2=O. The lowest BCUT2D eigenvalue weighted by Crippen LogP contribution is -2.60. The molecule has 0 aromatic heterocycles. The number of cyclic esters (lactones) is 2. The molecule has 6 aliphatic heterocycles. The van der Waals surface area contributed by atoms with Crippen molar-refractivity contribution in [3.05, 3.63) is 68.8 Å². The molecular formula is C42H56N4O10. The number of morpholine rings is 2. The lowest BCUT2D eigenvalue weighted by Gasteiger charge is -2.46. The average molecular weight is 777 g/mol. The number of ether oxygens (including phenoxy) is 6. The van der Waals surface area contributed by atoms with E-state index >= 15 is 0 Å². The van der Waals surface area contributed by atoms with Gasteiger partial charge in [0.1, 0.15) is 24.4 Å². The van der Waals surface area contributed by atoms with Gasteiger partial charge in [-0.2, -0.15) is 0 Å². The van der Waals surface area contributed by atoms with Crippen LogP contribution in [0.1, 0.15) is 108 Å². The topological polar surface area (TPSA) is 137 Å². The molecule has 0 N–H and O–H groups in total. The molecule has 4 atom stereocenters. The van der Waals surface area contributed by atoms with E-state index in [1.54, 1.807) is 9.80 Å². The predicted molar refractivity (Wildman–Crippen MR) is 204 cm³/mol. The van der Waals surface area contributed by atoms with E-state index in [0.717, 1.165) is 59.6 Å². The van der Waals surface area contributed by atoms with Crippen LogP contribution in [0.15, 0.2) is 24.3 Å². The fraction of sp³-hybridized carbons (Fsp3) is 0.619. The molecule has 304 valence electrons. The lowest BCUT2D eigenvalue weighted by molar-refractivity contribution is -0.0910. The van der Waals surface area contributed by atoms with Crippen LogP contribution in [0.2, 0.25) is 0 Å². The maximum Gasteiger partial charge on any atom is 0.410 e. The minimum Gasteiger partial charge on any atom is -0.457 e. The second-order valence-corrected chi connectivity index (χ2v) is 17.7. The fourth-order valence-electron chi connectivity index (χ4n) is 8.23. The van der Waals surface area contributed by atoms with Gasteiger partial charge in [-0.15, -0.1) is 0 Å². The second kappa shape index (κ2) is 15.6. The monoisotopic (exact) mass is 776 g/mol. The van der Waals surface area contributed by atoms with Crippen molar-refractivity contribution >= 4 is 24.1 Å². The molecule has 0 spiro atoms. The highest BCUT2D eigenvalue weighted by Gasteiger charge is 2.39. The number of nitrogens with zero attached hydrogens (tertiary/aromatic N) is 4. The van der Waals surface area contributed by atoms with Crippen LogP contribution in [0.4, 0.5) is 9.59 Å². The number of piperazine rings is 2. The highest BCUT2D eigenvalue weighted by atomic mass is 16.6. The molecule has 0 radical (unpaired) electrons. The number of rotatable bonds is 2. The molecule has 2 amide bonds. The van der Waals surface area contributed by atoms with Crippen molar-refractivity contribution in [2.24, 2.45) is 0 Å². The maximum absolute atomic E-state index is 12.4. The smallest absolute Gasteiger partial charge is 0.410 e. The van der Waals surface area contributed by atoms with Crippen molar-refractivity contribution in [3.63, 3.8) is 0 Å². The van der Waals surface area contributed by atoms with Crippen LogP contribution in [-0.4, -0.2) is 133 Å². The molecule has 6 aliphatic rings. The zero-order chi connectivity index (χ0) is 40.1. The number of amides is 2. The highest BCUT2D eigenvalue weighted by molar-refractivity contribution is 5.94. The molecule has 2 aromatic rings. The first-order chi connectivity index (χ1) is 26.4. The van der Waals surface area contributed by atoms with Crippen LogP contribution in [0.3, 0.4) is 0 Å². The van der Waals surface area contributed by atoms with E-state index in [-0.39, 0.29) is 48.4 Å². The molecule has 4 fully saturated rings. The Balaban J connectivity index is 0.000000172. The van der Waals surface area contributed by atoms with E-state index in [4.69, 9.17) is 28.4 Å². The zero-order valence-electron chi connectivity index (χ0n) is 34.0. The number of fused-ring (bicyclic) bond motifs is 4. The van der Waals surface area contributed by atoms with Gasteiger partial charge in [-0.05, 0) is 102 Å². The first-order valence-electron chi connectivity index (χ1n) is 19.7. The van der Waals surface area contributed by atoms with Gasteiger partial charge in [-0.1, -0.05) is 0 Å². The molecule has 6 heterocycles. The summed E-state index contributed by atoms with van der Waals surface area (Å²) < 4.78 is 33.6. The third kappa shape index (κ3) is 8.83. The van der Waals surface area contributed by atoms with E-state index in [1.165, 1.54) is 0 Å². The minimum absolute atomic E-state index is 0.0367. The van der Waals surface area contributed by atoms with E-state index < -0.39 is 11.2 Å². The normalized spacial score (nSPS) is 25.1. The van der Waals surface area contributed by atoms with Gasteiger partial charge in [0.15, 0.2) is 0 Å². The summed E-state index contributed by atoms with van der Waals surface area (Å²) in [6, 6.07) is 8.29. The summed E-state index contributed by atoms with van der Waals surface area (Å²) in [5.41, 5.74) is 6.56. The molecular weight excluding hydrogens is 720 g/mol. The number of benzene rings is 2. The largest absolute Gasteiger partial charge is 0.457 e. The van der Waals surface area contributed by atoms with E-state index in [1.807, 2.05) is 67.5 Å². The quantitative estimate of drug-likeness (QED) is 0.289. The first-order valence-corrected chi connectivity index (χ1v) is 19.7. The predicted octanol–water partition coefficient (Wildman–Crippen LogP) is 5.32. The first kappa shape index (κ1) is 40.0. The Morgan fingerprint density at radius 1 is 0.607 bits per heavy atom. The second-order valence-electron chi connectivity index (χ2n) is 17.7. The molecule has 0 saturated carbocycles. The number of hydrogen-bond donors (Lipinski definition) is 0. The Kier molecular flexibility index (Phi) is 11.1. The molecule has 56 heavy (non-hydrogen) atoms. The Bertz CT molecular complexity index is 1730. The van der Waals surface area contributed by atoms with E-state index in [9.17, 15) is 19.2 Å². The number of carbonyl (C=O) groups is 4. The van der Waals surface area contributed by atoms with Crippen molar-refractivity contribution in [2.75, 3.05) is 65.6 Å². The summed E-state index contributed by atoms with van der Waals surface area (Å²) in [6.07, 6.45) is -0.586. The third-order valence-electron chi connectivity index (χ3n) is 11.1. The van der Waals surface area contributed by atoms with Crippen LogP contribution in [0.25, 0.3) is 0 Å². The van der Waals surface area contributed by atoms with E-state index in [0.29, 0.717) is 63.7 Å². The fourth-order valence-corrected chi connectivity index (χ4v) is 8.23. The van der Waals surface area contributed by atoms with Crippen LogP contribution in [-0.2, 0) is 41.6 Å². The van der Waals surface area contributed by atoms with Crippen LogP contribution < -0.4 is 0 Å². The third-order valence-corrected chi connectivity index (χ3v) is 11.1. The van der Waals surface area contributed by atoms with E-state index in [2.05, 4.69) is 21.9 Å². The Morgan fingerprint density at radius 2 is 1.00 bits per heavy atom. The van der Waals surface area contributed by atoms with Gasteiger partial charge in [0.2, 0.25) is 0 Å². The molecule has 4 saturated heterocycles. The highest BCUT2D eigenvalue weighted by Crippen LogP contribution is 2.35. The molecule has 14 nitrogen and oxygen atoms in total. The molecule has 0 bridgehead atoms. The molecule has 8 rings (SSSR count). The summed E-state index contributed by atoms with van der Waals surface area (Å²) >= 11 is 0. The van der Waals surface area contributed by atoms with Gasteiger partial charge < -0.3 is 38.2 Å². The Labute approximate surface area is 329 Å². The van der Waals surface area contributed by atoms with Gasteiger partial charge in [-0.3, -0.25) is 9.80 Å². The van der Waals surface area contributed by atoms with Gasteiger partial charge in [0, 0.05) is 63.5 Å². The Morgan fingerprint density at radius 3 is 1.38 bits per heavy atom. The maximum atomic E-state index is 12.4. The van der Waals surface area contributed by atoms with Crippen LogP contribution in [0, 0.1) is 13.8 Å². The zero-order valence-corrected chi connectivity index (χ0v) is 34.0. The summed E-state index contributed by atoms with van der Waals surface area (Å²) in [5, 5.41) is 0. The van der Waals surface area contributed by atoms with Gasteiger partial charge >= 0.3 is 24.1 Å². The average Bonchev–Trinajstić information content (AvgIpc) is 3.68. The molecule has 14 heteroatoms. The summed E-state index contributed by atoms with van der Waals surface area (Å²) in [4.78, 5) is 56.6. The lowest BCUT2D eigenvalue weighted by atomic mass is 9.95. The number of carbonyl (C=O) groups excluding carboxylic acids is 4. The number of hydrogen-bond acceptors (Lipinski definition) is 12. The van der Waals surface area contributed by atoms with Gasteiger partial charge in [0.25, 0.3) is 0 Å². The summed E-state index contributed by atoms with van der Waals surface area (Å²) in [6.45, 7) is 22.8. The van der Waals surface area contributed by atoms with Crippen molar-refractivity contribution < 1.29 is 47.6 Å². The van der Waals surface area contributed by atoms with Crippen molar-refractivity contribution in [2.45, 2.75) is 104 Å². The molecule has 2 aromatic carbocycles. The Hall–Kier alpha value is -4.24. The molecule has 0 unspecified atom stereocenters. The summed E-state index contributed by atoms with van der Waals surface area (Å²) in [5.74, 6) is -0.486.